The van der Waals surface area contributed by atoms with Crippen LogP contribution in [-0.4, -0.2) is 40.3 Å². The number of hydrogen-bond acceptors (Lipinski definition) is 5. The highest BCUT2D eigenvalue weighted by atomic mass is 79.9. The molecule has 0 aliphatic carbocycles. The fraction of sp³-hybridized carbons (Fsp3) is 0.235. The third-order valence-electron chi connectivity index (χ3n) is 3.88. The van der Waals surface area contributed by atoms with E-state index in [4.69, 9.17) is 9.47 Å². The number of carbonyl (C=O) groups excluding carboxylic acids is 1. The molecular weight excluding hydrogens is 388 g/mol. The van der Waals surface area contributed by atoms with Gasteiger partial charge in [-0.05, 0) is 40.2 Å². The molecule has 0 saturated carbocycles. The lowest BCUT2D eigenvalue weighted by Crippen LogP contribution is -2.26. The Kier molecular flexibility index (Phi) is 4.27. The number of rotatable bonds is 4. The maximum absolute atomic E-state index is 12.4. The molecule has 1 aliphatic rings. The Balaban J connectivity index is 1.43. The molecule has 128 valence electrons. The predicted molar refractivity (Wildman–Crippen MR) is 94.2 cm³/mol. The van der Waals surface area contributed by atoms with Crippen LogP contribution >= 0.6 is 15.9 Å². The average Bonchev–Trinajstić information content (AvgIpc) is 3.05. The number of nitrogens with one attached hydrogen (secondary N) is 1. The second-order valence-corrected chi connectivity index (χ2v) is 6.39. The van der Waals surface area contributed by atoms with Gasteiger partial charge >= 0.3 is 0 Å². The number of amides is 1. The van der Waals surface area contributed by atoms with Crippen molar-refractivity contribution >= 4 is 27.5 Å². The molecule has 0 radical (unpaired) electrons. The molecule has 0 spiro atoms. The molecule has 0 fully saturated rings. The number of ether oxygens (including phenoxy) is 2. The quantitative estimate of drug-likeness (QED) is 0.723. The molecule has 2 aromatic heterocycles. The summed E-state index contributed by atoms with van der Waals surface area (Å²) in [5.74, 6) is 1.85. The van der Waals surface area contributed by atoms with Crippen LogP contribution in [0.5, 0.6) is 11.5 Å². The van der Waals surface area contributed by atoms with Gasteiger partial charge in [-0.25, -0.2) is 0 Å². The summed E-state index contributed by atoms with van der Waals surface area (Å²) in [5, 5.41) is 11.2. The smallest absolute Gasteiger partial charge is 0.251 e. The van der Waals surface area contributed by atoms with E-state index < -0.39 is 0 Å². The van der Waals surface area contributed by atoms with Gasteiger partial charge in [0.2, 0.25) is 0 Å². The summed E-state index contributed by atoms with van der Waals surface area (Å²) in [6.07, 6.45) is 2.49. The van der Waals surface area contributed by atoms with Crippen molar-refractivity contribution in [3.63, 3.8) is 0 Å². The van der Waals surface area contributed by atoms with Crippen molar-refractivity contribution in [2.45, 2.75) is 6.42 Å². The lowest BCUT2D eigenvalue weighted by Gasteiger charge is -2.20. The molecule has 0 atom stereocenters. The van der Waals surface area contributed by atoms with Crippen LogP contribution in [0.1, 0.15) is 16.2 Å². The highest BCUT2D eigenvalue weighted by molar-refractivity contribution is 9.10. The molecule has 1 aliphatic heterocycles. The molecule has 0 bridgehead atoms. The van der Waals surface area contributed by atoms with E-state index in [0.29, 0.717) is 47.7 Å². The first-order chi connectivity index (χ1) is 12.2. The number of aromatic nitrogens is 3. The van der Waals surface area contributed by atoms with Crippen LogP contribution in [0, 0.1) is 0 Å². The third-order valence-corrected chi connectivity index (χ3v) is 4.47. The number of hydrogen-bond donors (Lipinski definition) is 1. The lowest BCUT2D eigenvalue weighted by atomic mass is 10.2. The molecule has 1 N–H and O–H groups in total. The molecular formula is C17H15BrN4O3. The number of halogens is 1. The molecule has 1 aromatic carbocycles. The Morgan fingerprint density at radius 3 is 3.04 bits per heavy atom. The molecule has 3 aromatic rings. The second kappa shape index (κ2) is 6.72. The van der Waals surface area contributed by atoms with Crippen molar-refractivity contribution in [2.75, 3.05) is 19.8 Å². The normalized spacial score (nSPS) is 13.0. The Hall–Kier alpha value is -2.61. The zero-order chi connectivity index (χ0) is 17.2. The van der Waals surface area contributed by atoms with E-state index in [0.717, 1.165) is 11.5 Å². The minimum absolute atomic E-state index is 0.175. The highest BCUT2D eigenvalue weighted by Gasteiger charge is 2.19. The van der Waals surface area contributed by atoms with E-state index in [1.807, 2.05) is 28.8 Å². The van der Waals surface area contributed by atoms with Gasteiger partial charge in [0, 0.05) is 24.7 Å². The van der Waals surface area contributed by atoms with Crippen LogP contribution < -0.4 is 14.8 Å². The van der Waals surface area contributed by atoms with Gasteiger partial charge in [-0.3, -0.25) is 9.20 Å². The summed E-state index contributed by atoms with van der Waals surface area (Å²) in [7, 11) is 0. The van der Waals surface area contributed by atoms with Gasteiger partial charge < -0.3 is 14.8 Å². The zero-order valence-corrected chi connectivity index (χ0v) is 14.8. The van der Waals surface area contributed by atoms with Crippen LogP contribution in [0.15, 0.2) is 41.0 Å². The summed E-state index contributed by atoms with van der Waals surface area (Å²) < 4.78 is 13.7. The second-order valence-electron chi connectivity index (χ2n) is 5.53. The predicted octanol–water partition coefficient (Wildman–Crippen LogP) is 2.24. The van der Waals surface area contributed by atoms with E-state index >= 15 is 0 Å². The van der Waals surface area contributed by atoms with Crippen molar-refractivity contribution in [3.05, 3.63) is 52.4 Å². The van der Waals surface area contributed by atoms with Crippen LogP contribution in [0.3, 0.4) is 0 Å². The molecule has 0 saturated heterocycles. The Morgan fingerprint density at radius 2 is 2.12 bits per heavy atom. The first-order valence-electron chi connectivity index (χ1n) is 7.88. The Morgan fingerprint density at radius 1 is 1.24 bits per heavy atom. The van der Waals surface area contributed by atoms with E-state index in [9.17, 15) is 4.79 Å². The standard InChI is InChI=1S/C17H15BrN4O3/c18-12-9-11(10-13-16(12)25-8-7-24-13)17(23)19-5-4-15-21-20-14-3-1-2-6-22(14)15/h1-3,6,9-10H,4-5,7-8H2,(H,19,23). The summed E-state index contributed by atoms with van der Waals surface area (Å²) in [6.45, 7) is 1.44. The molecule has 4 rings (SSSR count). The minimum atomic E-state index is -0.175. The minimum Gasteiger partial charge on any atom is -0.486 e. The van der Waals surface area contributed by atoms with Crippen LogP contribution in [0.2, 0.25) is 0 Å². The Labute approximate surface area is 152 Å². The van der Waals surface area contributed by atoms with Crippen molar-refractivity contribution in [1.29, 1.82) is 0 Å². The van der Waals surface area contributed by atoms with Gasteiger partial charge in [-0.15, -0.1) is 10.2 Å². The van der Waals surface area contributed by atoms with Crippen molar-refractivity contribution in [2.24, 2.45) is 0 Å². The molecule has 1 amide bonds. The van der Waals surface area contributed by atoms with Gasteiger partial charge in [0.05, 0.1) is 4.47 Å². The monoisotopic (exact) mass is 402 g/mol. The van der Waals surface area contributed by atoms with Gasteiger partial charge in [0.1, 0.15) is 19.0 Å². The van der Waals surface area contributed by atoms with Crippen molar-refractivity contribution < 1.29 is 14.3 Å². The van der Waals surface area contributed by atoms with Gasteiger partial charge in [0.25, 0.3) is 5.91 Å². The summed E-state index contributed by atoms with van der Waals surface area (Å²) >= 11 is 3.42. The highest BCUT2D eigenvalue weighted by Crippen LogP contribution is 2.38. The van der Waals surface area contributed by atoms with Gasteiger partial charge in [0.15, 0.2) is 17.1 Å². The molecule has 8 heteroatoms. The molecule has 7 nitrogen and oxygen atoms in total. The summed E-state index contributed by atoms with van der Waals surface area (Å²) in [6, 6.07) is 9.15. The number of benzene rings is 1. The largest absolute Gasteiger partial charge is 0.486 e. The first kappa shape index (κ1) is 15.9. The molecule has 0 unspecified atom stereocenters. The van der Waals surface area contributed by atoms with Crippen LogP contribution in [0.4, 0.5) is 0 Å². The van der Waals surface area contributed by atoms with E-state index in [1.54, 1.807) is 12.1 Å². The lowest BCUT2D eigenvalue weighted by molar-refractivity contribution is 0.0952. The fourth-order valence-electron chi connectivity index (χ4n) is 2.69. The van der Waals surface area contributed by atoms with Crippen LogP contribution in [0.25, 0.3) is 5.65 Å². The molecule has 3 heterocycles. The third kappa shape index (κ3) is 3.17. The van der Waals surface area contributed by atoms with Crippen LogP contribution in [-0.2, 0) is 6.42 Å². The Bertz CT molecular complexity index is 941. The van der Waals surface area contributed by atoms with E-state index in [2.05, 4.69) is 31.4 Å². The number of fused-ring (bicyclic) bond motifs is 2. The first-order valence-corrected chi connectivity index (χ1v) is 8.67. The topological polar surface area (TPSA) is 77.8 Å². The fourth-order valence-corrected chi connectivity index (χ4v) is 3.25. The maximum atomic E-state index is 12.4. The zero-order valence-electron chi connectivity index (χ0n) is 13.2. The van der Waals surface area contributed by atoms with Gasteiger partial charge in [-0.2, -0.15) is 0 Å². The average molecular weight is 403 g/mol. The number of carbonyl (C=O) groups is 1. The van der Waals surface area contributed by atoms with Gasteiger partial charge in [-0.1, -0.05) is 6.07 Å². The molecule has 25 heavy (non-hydrogen) atoms. The SMILES string of the molecule is O=C(NCCc1nnc2ccccn12)c1cc(Br)c2c(c1)OCCO2. The maximum Gasteiger partial charge on any atom is 0.251 e. The summed E-state index contributed by atoms with van der Waals surface area (Å²) in [4.78, 5) is 12.4. The number of nitrogens with zero attached hydrogens (tertiary/aromatic N) is 3. The van der Waals surface area contributed by atoms with E-state index in [-0.39, 0.29) is 5.91 Å². The van der Waals surface area contributed by atoms with E-state index in [1.165, 1.54) is 0 Å². The van der Waals surface area contributed by atoms with Crippen molar-refractivity contribution in [3.8, 4) is 11.5 Å². The summed E-state index contributed by atoms with van der Waals surface area (Å²) in [5.41, 5.74) is 1.31. The van der Waals surface area contributed by atoms with Crippen molar-refractivity contribution in [1.82, 2.24) is 19.9 Å². The number of pyridine rings is 1.